The standard InChI is InChI=1S/C26H32ClN7O2S/c1-15-24(23-16(2)32-36-17(23)3)29-25(20-11-19(7-8-21(20)27)35-10-6-9-28-4)30-26(15)33-12-18-13-34(37-5)31-22(18)14-33/h7-8,11,13,22,28,31H,6,9-10,12,14H2,1-5H3. The lowest BCUT2D eigenvalue weighted by atomic mass is 10.0. The van der Waals surface area contributed by atoms with Gasteiger partial charge in [0.05, 0.1) is 34.6 Å². The Morgan fingerprint density at radius 3 is 2.81 bits per heavy atom. The van der Waals surface area contributed by atoms with E-state index in [1.54, 1.807) is 11.9 Å². The smallest absolute Gasteiger partial charge is 0.163 e. The average Bonchev–Trinajstić information content (AvgIpc) is 3.56. The van der Waals surface area contributed by atoms with Crippen LogP contribution in [0.2, 0.25) is 5.02 Å². The van der Waals surface area contributed by atoms with Gasteiger partial charge in [-0.05, 0) is 76.5 Å². The van der Waals surface area contributed by atoms with Gasteiger partial charge in [0.1, 0.15) is 17.3 Å². The van der Waals surface area contributed by atoms with Crippen LogP contribution in [0.25, 0.3) is 22.6 Å². The third-order valence-electron chi connectivity index (χ3n) is 6.70. The van der Waals surface area contributed by atoms with Crippen molar-refractivity contribution in [3.63, 3.8) is 0 Å². The van der Waals surface area contributed by atoms with E-state index < -0.39 is 0 Å². The molecule has 1 saturated heterocycles. The van der Waals surface area contributed by atoms with Crippen LogP contribution in [-0.2, 0) is 0 Å². The molecule has 2 N–H and O–H groups in total. The molecule has 37 heavy (non-hydrogen) atoms. The zero-order valence-electron chi connectivity index (χ0n) is 21.8. The van der Waals surface area contributed by atoms with Crippen LogP contribution < -0.4 is 20.4 Å². The van der Waals surface area contributed by atoms with Gasteiger partial charge in [0, 0.05) is 36.7 Å². The number of hydrogen-bond donors (Lipinski definition) is 2. The first-order valence-electron chi connectivity index (χ1n) is 12.3. The second-order valence-electron chi connectivity index (χ2n) is 9.27. The Kier molecular flexibility index (Phi) is 7.62. The number of hydrazine groups is 1. The summed E-state index contributed by atoms with van der Waals surface area (Å²) in [5.74, 6) is 2.89. The summed E-state index contributed by atoms with van der Waals surface area (Å²) in [6, 6.07) is 5.90. The zero-order valence-corrected chi connectivity index (χ0v) is 23.3. The third-order valence-corrected chi connectivity index (χ3v) is 7.63. The number of halogens is 1. The fourth-order valence-electron chi connectivity index (χ4n) is 4.80. The zero-order chi connectivity index (χ0) is 26.1. The summed E-state index contributed by atoms with van der Waals surface area (Å²) in [5.41, 5.74) is 9.06. The van der Waals surface area contributed by atoms with Gasteiger partial charge in [-0.1, -0.05) is 16.8 Å². The molecule has 0 radical (unpaired) electrons. The van der Waals surface area contributed by atoms with Crippen molar-refractivity contribution in [3.05, 3.63) is 52.0 Å². The minimum absolute atomic E-state index is 0.255. The molecule has 196 valence electrons. The largest absolute Gasteiger partial charge is 0.494 e. The molecule has 0 amide bonds. The quantitative estimate of drug-likeness (QED) is 0.297. The van der Waals surface area contributed by atoms with E-state index in [0.29, 0.717) is 17.5 Å². The van der Waals surface area contributed by atoms with Crippen molar-refractivity contribution in [1.29, 1.82) is 0 Å². The van der Waals surface area contributed by atoms with Gasteiger partial charge in [-0.3, -0.25) is 4.41 Å². The highest BCUT2D eigenvalue weighted by atomic mass is 35.5. The highest BCUT2D eigenvalue weighted by molar-refractivity contribution is 7.96. The number of aryl methyl sites for hydroxylation is 2. The molecule has 0 saturated carbocycles. The lowest BCUT2D eigenvalue weighted by Crippen LogP contribution is -2.36. The summed E-state index contributed by atoms with van der Waals surface area (Å²) < 4.78 is 13.5. The fourth-order valence-corrected chi connectivity index (χ4v) is 5.47. The van der Waals surface area contributed by atoms with Crippen molar-refractivity contribution in [1.82, 2.24) is 30.3 Å². The van der Waals surface area contributed by atoms with Gasteiger partial charge in [0.15, 0.2) is 5.82 Å². The van der Waals surface area contributed by atoms with E-state index in [2.05, 4.69) is 44.6 Å². The van der Waals surface area contributed by atoms with Gasteiger partial charge < -0.3 is 19.5 Å². The summed E-state index contributed by atoms with van der Waals surface area (Å²) in [4.78, 5) is 12.4. The first-order valence-corrected chi connectivity index (χ1v) is 13.9. The molecule has 0 bridgehead atoms. The Bertz CT molecular complexity index is 1310. The molecule has 1 atom stereocenters. The van der Waals surface area contributed by atoms with Crippen molar-refractivity contribution in [2.75, 3.05) is 44.4 Å². The number of rotatable bonds is 9. The molecule has 4 heterocycles. The highest BCUT2D eigenvalue weighted by Gasteiger charge is 2.35. The summed E-state index contributed by atoms with van der Waals surface area (Å²) >= 11 is 8.36. The van der Waals surface area contributed by atoms with Gasteiger partial charge in [-0.2, -0.15) is 0 Å². The van der Waals surface area contributed by atoms with Crippen molar-refractivity contribution in [2.45, 2.75) is 33.2 Å². The number of aromatic nitrogens is 3. The van der Waals surface area contributed by atoms with Crippen LogP contribution in [0.1, 0.15) is 23.4 Å². The number of ether oxygens (including phenoxy) is 1. The van der Waals surface area contributed by atoms with Crippen molar-refractivity contribution in [2.24, 2.45) is 0 Å². The Morgan fingerprint density at radius 1 is 1.27 bits per heavy atom. The van der Waals surface area contributed by atoms with Crippen LogP contribution in [0.15, 0.2) is 34.5 Å². The van der Waals surface area contributed by atoms with E-state index in [-0.39, 0.29) is 6.04 Å². The minimum atomic E-state index is 0.255. The van der Waals surface area contributed by atoms with E-state index >= 15 is 0 Å². The maximum Gasteiger partial charge on any atom is 0.163 e. The molecule has 9 nitrogen and oxygen atoms in total. The molecule has 2 aliphatic rings. The molecule has 2 aromatic heterocycles. The highest BCUT2D eigenvalue weighted by Crippen LogP contribution is 2.38. The van der Waals surface area contributed by atoms with E-state index in [1.165, 1.54) is 5.57 Å². The summed E-state index contributed by atoms with van der Waals surface area (Å²) in [6.07, 6.45) is 5.14. The van der Waals surface area contributed by atoms with Crippen molar-refractivity contribution < 1.29 is 9.26 Å². The fraction of sp³-hybridized carbons (Fsp3) is 0.423. The maximum absolute atomic E-state index is 6.70. The second-order valence-corrected chi connectivity index (χ2v) is 10.4. The number of fused-ring (bicyclic) bond motifs is 1. The van der Waals surface area contributed by atoms with E-state index in [1.807, 2.05) is 39.1 Å². The Hall–Kier alpha value is -2.79. The SMILES string of the molecule is CNCCCOc1ccc(Cl)c(-c2nc(-c3c(C)noc3C)c(C)c(N3CC4=CN(SC)NC4C3)n2)c1. The molecule has 0 spiro atoms. The first-order chi connectivity index (χ1) is 17.9. The number of benzene rings is 1. The third kappa shape index (κ3) is 5.16. The van der Waals surface area contributed by atoms with Crippen molar-refractivity contribution >= 4 is 29.4 Å². The molecular weight excluding hydrogens is 510 g/mol. The molecular formula is C26H32ClN7O2S. The summed E-state index contributed by atoms with van der Waals surface area (Å²) in [7, 11) is 1.93. The molecule has 1 unspecified atom stereocenters. The van der Waals surface area contributed by atoms with Crippen LogP contribution in [0.5, 0.6) is 5.75 Å². The Morgan fingerprint density at radius 2 is 2.11 bits per heavy atom. The monoisotopic (exact) mass is 541 g/mol. The molecule has 11 heteroatoms. The lowest BCUT2D eigenvalue weighted by Gasteiger charge is -2.24. The predicted octanol–water partition coefficient (Wildman–Crippen LogP) is 4.54. The maximum atomic E-state index is 6.70. The minimum Gasteiger partial charge on any atom is -0.494 e. The number of nitrogens with one attached hydrogen (secondary N) is 2. The van der Waals surface area contributed by atoms with Crippen LogP contribution >= 0.6 is 23.5 Å². The Labute approximate surface area is 226 Å². The van der Waals surface area contributed by atoms with E-state index in [9.17, 15) is 0 Å². The lowest BCUT2D eigenvalue weighted by molar-refractivity contribution is 0.310. The Balaban J connectivity index is 1.57. The van der Waals surface area contributed by atoms with Gasteiger partial charge in [-0.15, -0.1) is 0 Å². The van der Waals surface area contributed by atoms with Gasteiger partial charge >= 0.3 is 0 Å². The molecule has 1 fully saturated rings. The van der Waals surface area contributed by atoms with Crippen molar-refractivity contribution in [3.8, 4) is 28.4 Å². The first kappa shape index (κ1) is 25.8. The number of hydrogen-bond acceptors (Lipinski definition) is 10. The average molecular weight is 542 g/mol. The summed E-state index contributed by atoms with van der Waals surface area (Å²) in [5, 5.41) is 7.89. The van der Waals surface area contributed by atoms with Gasteiger partial charge in [-0.25, -0.2) is 15.4 Å². The second kappa shape index (κ2) is 10.9. The van der Waals surface area contributed by atoms with Crippen LogP contribution in [0.3, 0.4) is 0 Å². The predicted molar refractivity (Wildman–Crippen MR) is 149 cm³/mol. The van der Waals surface area contributed by atoms with Gasteiger partial charge in [0.2, 0.25) is 0 Å². The molecule has 5 rings (SSSR count). The van der Waals surface area contributed by atoms with E-state index in [4.69, 9.17) is 30.8 Å². The van der Waals surface area contributed by atoms with E-state index in [0.717, 1.165) is 71.5 Å². The molecule has 1 aromatic carbocycles. The van der Waals surface area contributed by atoms with Gasteiger partial charge in [0.25, 0.3) is 0 Å². The van der Waals surface area contributed by atoms with Crippen LogP contribution in [0, 0.1) is 20.8 Å². The normalized spacial score (nSPS) is 16.9. The number of anilines is 1. The van der Waals surface area contributed by atoms with Crippen LogP contribution in [-0.4, -0.2) is 65.1 Å². The topological polar surface area (TPSA) is 91.6 Å². The molecule has 0 aliphatic carbocycles. The number of nitrogens with zero attached hydrogens (tertiary/aromatic N) is 5. The molecule has 3 aromatic rings. The molecule has 2 aliphatic heterocycles. The summed E-state index contributed by atoms with van der Waals surface area (Å²) in [6.45, 7) is 9.01. The van der Waals surface area contributed by atoms with Crippen LogP contribution in [0.4, 0.5) is 5.82 Å².